The molecular weight excluding hydrogens is 261 g/mol. The number of aromatic hydroxyl groups is 1. The zero-order valence-electron chi connectivity index (χ0n) is 8.26. The lowest BCUT2D eigenvalue weighted by atomic mass is 9.64. The van der Waals surface area contributed by atoms with Gasteiger partial charge in [0.15, 0.2) is 0 Å². The van der Waals surface area contributed by atoms with Gasteiger partial charge in [-0.1, -0.05) is 6.42 Å². The van der Waals surface area contributed by atoms with Crippen LogP contribution in [0.1, 0.15) is 24.8 Å². The van der Waals surface area contributed by atoms with Crippen molar-refractivity contribution < 1.29 is 9.50 Å². The maximum Gasteiger partial charge on any atom is 0.133 e. The maximum atomic E-state index is 13.3. The zero-order chi connectivity index (χ0) is 11.1. The largest absolute Gasteiger partial charge is 0.506 e. The van der Waals surface area contributed by atoms with E-state index < -0.39 is 0 Å². The minimum atomic E-state index is -0.339. The number of benzene rings is 1. The summed E-state index contributed by atoms with van der Waals surface area (Å²) in [5.74, 6) is -0.212. The predicted molar refractivity (Wildman–Crippen MR) is 60.3 cm³/mol. The molecule has 0 aromatic heterocycles. The molecule has 1 aromatic carbocycles. The summed E-state index contributed by atoms with van der Waals surface area (Å²) in [6.07, 6.45) is 2.94. The fraction of sp³-hybridized carbons (Fsp3) is 0.455. The van der Waals surface area contributed by atoms with E-state index in [2.05, 4.69) is 15.9 Å². The Balaban J connectivity index is 2.51. The Kier molecular flexibility index (Phi) is 2.73. The Bertz CT molecular complexity index is 385. The lowest BCUT2D eigenvalue weighted by molar-refractivity contribution is 0.244. The molecule has 15 heavy (non-hydrogen) atoms. The molecule has 0 spiro atoms. The molecule has 4 heteroatoms. The molecule has 1 fully saturated rings. The van der Waals surface area contributed by atoms with Crippen molar-refractivity contribution in [3.05, 3.63) is 28.0 Å². The van der Waals surface area contributed by atoms with Crippen molar-refractivity contribution in [1.82, 2.24) is 0 Å². The molecule has 0 atom stereocenters. The first-order chi connectivity index (χ1) is 7.09. The van der Waals surface area contributed by atoms with E-state index in [1.165, 1.54) is 12.1 Å². The number of nitrogens with two attached hydrogens (primary N) is 1. The summed E-state index contributed by atoms with van der Waals surface area (Å²) >= 11 is 3.14. The lowest BCUT2D eigenvalue weighted by Gasteiger charge is -2.41. The van der Waals surface area contributed by atoms with Crippen LogP contribution in [-0.4, -0.2) is 11.7 Å². The van der Waals surface area contributed by atoms with E-state index in [4.69, 9.17) is 5.73 Å². The van der Waals surface area contributed by atoms with Crippen LogP contribution in [-0.2, 0) is 5.41 Å². The van der Waals surface area contributed by atoms with E-state index in [0.717, 1.165) is 19.3 Å². The number of phenolic OH excluding ortho intramolecular Hbond substituents is 1. The minimum absolute atomic E-state index is 0.126. The molecule has 1 aromatic rings. The molecule has 0 radical (unpaired) electrons. The second kappa shape index (κ2) is 3.76. The standard InChI is InChI=1S/C11H13BrFNO/c12-9-5-7(13)4-8(10(9)15)11(6-14)2-1-3-11/h4-5,15H,1-3,6,14H2. The predicted octanol–water partition coefficient (Wildman–Crippen LogP) is 2.67. The van der Waals surface area contributed by atoms with E-state index in [1.807, 2.05) is 0 Å². The summed E-state index contributed by atoms with van der Waals surface area (Å²) in [4.78, 5) is 0. The number of rotatable bonds is 2. The lowest BCUT2D eigenvalue weighted by Crippen LogP contribution is -2.41. The van der Waals surface area contributed by atoms with Crippen LogP contribution < -0.4 is 5.73 Å². The Hall–Kier alpha value is -0.610. The molecule has 0 heterocycles. The number of phenols is 1. The Labute approximate surface area is 96.4 Å². The van der Waals surface area contributed by atoms with Gasteiger partial charge in [0.2, 0.25) is 0 Å². The Morgan fingerprint density at radius 2 is 2.13 bits per heavy atom. The molecule has 0 amide bonds. The highest BCUT2D eigenvalue weighted by atomic mass is 79.9. The molecule has 1 aliphatic rings. The Morgan fingerprint density at radius 1 is 1.47 bits per heavy atom. The summed E-state index contributed by atoms with van der Waals surface area (Å²) in [6, 6.07) is 2.66. The average Bonchev–Trinajstić information content (AvgIpc) is 2.12. The summed E-state index contributed by atoms with van der Waals surface area (Å²) in [6.45, 7) is 0.455. The first-order valence-corrected chi connectivity index (χ1v) is 5.77. The van der Waals surface area contributed by atoms with Crippen LogP contribution in [0.5, 0.6) is 5.75 Å². The number of halogens is 2. The van der Waals surface area contributed by atoms with Gasteiger partial charge >= 0.3 is 0 Å². The molecule has 0 saturated heterocycles. The van der Waals surface area contributed by atoms with Gasteiger partial charge in [-0.05, 0) is 40.9 Å². The fourth-order valence-corrected chi connectivity index (χ4v) is 2.59. The van der Waals surface area contributed by atoms with Crippen molar-refractivity contribution in [3.8, 4) is 5.75 Å². The summed E-state index contributed by atoms with van der Waals surface area (Å²) in [5, 5.41) is 9.88. The smallest absolute Gasteiger partial charge is 0.133 e. The first kappa shape index (κ1) is 10.9. The van der Waals surface area contributed by atoms with Crippen LogP contribution in [0.2, 0.25) is 0 Å². The molecule has 3 N–H and O–H groups in total. The van der Waals surface area contributed by atoms with Gasteiger partial charge in [0.25, 0.3) is 0 Å². The van der Waals surface area contributed by atoms with Crippen molar-refractivity contribution in [2.75, 3.05) is 6.54 Å². The number of hydrogen-bond acceptors (Lipinski definition) is 2. The summed E-state index contributed by atoms with van der Waals surface area (Å²) in [7, 11) is 0. The molecule has 0 bridgehead atoms. The van der Waals surface area contributed by atoms with Crippen molar-refractivity contribution in [2.45, 2.75) is 24.7 Å². The highest BCUT2D eigenvalue weighted by Gasteiger charge is 2.39. The third kappa shape index (κ3) is 1.66. The first-order valence-electron chi connectivity index (χ1n) is 4.98. The molecule has 1 saturated carbocycles. The van der Waals surface area contributed by atoms with E-state index in [-0.39, 0.29) is 17.0 Å². The minimum Gasteiger partial charge on any atom is -0.506 e. The van der Waals surface area contributed by atoms with Gasteiger partial charge in [0, 0.05) is 17.5 Å². The molecule has 0 aliphatic heterocycles. The second-order valence-electron chi connectivity index (χ2n) is 4.12. The summed E-state index contributed by atoms with van der Waals surface area (Å²) in [5.41, 5.74) is 6.15. The van der Waals surface area contributed by atoms with E-state index >= 15 is 0 Å². The van der Waals surface area contributed by atoms with Gasteiger partial charge in [-0.3, -0.25) is 0 Å². The zero-order valence-corrected chi connectivity index (χ0v) is 9.85. The SMILES string of the molecule is NCC1(c2cc(F)cc(Br)c2O)CCC1. The van der Waals surface area contributed by atoms with Crippen molar-refractivity contribution in [3.63, 3.8) is 0 Å². The van der Waals surface area contributed by atoms with Gasteiger partial charge in [0.1, 0.15) is 11.6 Å². The van der Waals surface area contributed by atoms with Crippen LogP contribution in [0, 0.1) is 5.82 Å². The van der Waals surface area contributed by atoms with E-state index in [9.17, 15) is 9.50 Å². The molecular formula is C11H13BrFNO. The highest BCUT2D eigenvalue weighted by Crippen LogP contribution is 2.48. The molecule has 82 valence electrons. The third-order valence-electron chi connectivity index (χ3n) is 3.30. The third-order valence-corrected chi connectivity index (χ3v) is 3.91. The summed E-state index contributed by atoms with van der Waals surface area (Å²) < 4.78 is 13.7. The van der Waals surface area contributed by atoms with Crippen molar-refractivity contribution in [1.29, 1.82) is 0 Å². The van der Waals surface area contributed by atoms with Crippen LogP contribution in [0.4, 0.5) is 4.39 Å². The van der Waals surface area contributed by atoms with Gasteiger partial charge < -0.3 is 10.8 Å². The molecule has 0 unspecified atom stereocenters. The topological polar surface area (TPSA) is 46.2 Å². The highest BCUT2D eigenvalue weighted by molar-refractivity contribution is 9.10. The average molecular weight is 274 g/mol. The van der Waals surface area contributed by atoms with E-state index in [1.54, 1.807) is 0 Å². The van der Waals surface area contributed by atoms with Crippen LogP contribution >= 0.6 is 15.9 Å². The van der Waals surface area contributed by atoms with Crippen LogP contribution in [0.25, 0.3) is 0 Å². The van der Waals surface area contributed by atoms with Gasteiger partial charge in [-0.15, -0.1) is 0 Å². The van der Waals surface area contributed by atoms with Gasteiger partial charge in [-0.25, -0.2) is 4.39 Å². The van der Waals surface area contributed by atoms with Crippen LogP contribution in [0.15, 0.2) is 16.6 Å². The number of hydrogen-bond donors (Lipinski definition) is 2. The van der Waals surface area contributed by atoms with Crippen molar-refractivity contribution >= 4 is 15.9 Å². The molecule has 2 nitrogen and oxygen atoms in total. The quantitative estimate of drug-likeness (QED) is 0.871. The molecule has 1 aliphatic carbocycles. The van der Waals surface area contributed by atoms with Gasteiger partial charge in [0.05, 0.1) is 4.47 Å². The normalized spacial score (nSPS) is 18.6. The molecule has 2 rings (SSSR count). The van der Waals surface area contributed by atoms with Gasteiger partial charge in [-0.2, -0.15) is 0 Å². The maximum absolute atomic E-state index is 13.3. The van der Waals surface area contributed by atoms with Crippen molar-refractivity contribution in [2.24, 2.45) is 5.73 Å². The Morgan fingerprint density at radius 3 is 2.60 bits per heavy atom. The monoisotopic (exact) mass is 273 g/mol. The van der Waals surface area contributed by atoms with E-state index in [0.29, 0.717) is 16.6 Å². The fourth-order valence-electron chi connectivity index (χ4n) is 2.16. The second-order valence-corrected chi connectivity index (χ2v) is 4.98. The van der Waals surface area contributed by atoms with Crippen LogP contribution in [0.3, 0.4) is 0 Å².